The predicted octanol–water partition coefficient (Wildman–Crippen LogP) is 5.79. The molecule has 0 aliphatic heterocycles. The quantitative estimate of drug-likeness (QED) is 0.610. The Morgan fingerprint density at radius 2 is 1.77 bits per heavy atom. The van der Waals surface area contributed by atoms with Crippen LogP contribution in [0.3, 0.4) is 0 Å². The predicted molar refractivity (Wildman–Crippen MR) is 109 cm³/mol. The Kier molecular flexibility index (Phi) is 6.84. The molecule has 2 aromatic rings. The smallest absolute Gasteiger partial charge is 0.224 e. The molecular weight excluding hydrogens is 322 g/mol. The van der Waals surface area contributed by atoms with E-state index in [-0.39, 0.29) is 11.3 Å². The number of carbonyl (C=O) groups is 1. The van der Waals surface area contributed by atoms with E-state index in [1.165, 1.54) is 11.1 Å². The van der Waals surface area contributed by atoms with Gasteiger partial charge in [-0.2, -0.15) is 0 Å². The molecule has 0 aliphatic carbocycles. The van der Waals surface area contributed by atoms with Crippen molar-refractivity contribution in [2.75, 3.05) is 11.9 Å². The lowest BCUT2D eigenvalue weighted by Gasteiger charge is -2.23. The first-order chi connectivity index (χ1) is 12.3. The summed E-state index contributed by atoms with van der Waals surface area (Å²) in [6.45, 7) is 11.3. The first kappa shape index (κ1) is 20.0. The highest BCUT2D eigenvalue weighted by Gasteiger charge is 2.17. The lowest BCUT2D eigenvalue weighted by molar-refractivity contribution is -0.116. The van der Waals surface area contributed by atoms with Crippen LogP contribution in [0.2, 0.25) is 0 Å². The minimum Gasteiger partial charge on any atom is -0.494 e. The summed E-state index contributed by atoms with van der Waals surface area (Å²) in [4.78, 5) is 12.1. The van der Waals surface area contributed by atoms with E-state index < -0.39 is 0 Å². The molecule has 2 aromatic carbocycles. The van der Waals surface area contributed by atoms with Gasteiger partial charge in [-0.1, -0.05) is 50.6 Å². The average molecular weight is 354 g/mol. The first-order valence-corrected chi connectivity index (χ1v) is 9.42. The minimum atomic E-state index is 0.0283. The molecule has 1 amide bonds. The fourth-order valence-corrected chi connectivity index (χ4v) is 2.80. The third-order valence-electron chi connectivity index (χ3n) is 4.99. The van der Waals surface area contributed by atoms with Gasteiger partial charge in [-0.05, 0) is 61.4 Å². The van der Waals surface area contributed by atoms with Crippen molar-refractivity contribution in [2.45, 2.75) is 59.3 Å². The molecule has 2 rings (SSSR count). The number of aryl methyl sites for hydroxylation is 2. The van der Waals surface area contributed by atoms with Gasteiger partial charge in [0.1, 0.15) is 5.75 Å². The van der Waals surface area contributed by atoms with E-state index in [0.717, 1.165) is 23.4 Å². The number of rotatable bonds is 8. The summed E-state index contributed by atoms with van der Waals surface area (Å²) in [6.07, 6.45) is 2.25. The van der Waals surface area contributed by atoms with Crippen LogP contribution in [-0.4, -0.2) is 12.5 Å². The third kappa shape index (κ3) is 5.62. The molecule has 0 aromatic heterocycles. The Bertz CT molecular complexity index is 732. The molecule has 3 heteroatoms. The Hall–Kier alpha value is -2.29. The molecule has 0 aliphatic rings. The molecule has 0 bridgehead atoms. The second kappa shape index (κ2) is 8.88. The van der Waals surface area contributed by atoms with Gasteiger partial charge >= 0.3 is 0 Å². The second-order valence-corrected chi connectivity index (χ2v) is 7.58. The zero-order chi connectivity index (χ0) is 19.2. The normalized spacial score (nSPS) is 11.3. The molecule has 0 atom stereocenters. The van der Waals surface area contributed by atoms with Gasteiger partial charge in [0.2, 0.25) is 5.91 Å². The number of benzene rings is 2. The van der Waals surface area contributed by atoms with Gasteiger partial charge in [-0.15, -0.1) is 0 Å². The van der Waals surface area contributed by atoms with Gasteiger partial charge in [0.25, 0.3) is 0 Å². The van der Waals surface area contributed by atoms with Crippen LogP contribution in [0, 0.1) is 13.8 Å². The van der Waals surface area contributed by atoms with Gasteiger partial charge in [-0.3, -0.25) is 4.79 Å². The Morgan fingerprint density at radius 1 is 1.08 bits per heavy atom. The van der Waals surface area contributed by atoms with Gasteiger partial charge < -0.3 is 10.1 Å². The van der Waals surface area contributed by atoms with E-state index in [4.69, 9.17) is 4.74 Å². The average Bonchev–Trinajstić information content (AvgIpc) is 2.61. The van der Waals surface area contributed by atoms with Crippen LogP contribution in [0.15, 0.2) is 42.5 Å². The summed E-state index contributed by atoms with van der Waals surface area (Å²) in [7, 11) is 0. The highest BCUT2D eigenvalue weighted by atomic mass is 16.5. The van der Waals surface area contributed by atoms with E-state index in [2.05, 4.69) is 44.3 Å². The van der Waals surface area contributed by atoms with Crippen molar-refractivity contribution in [1.29, 1.82) is 0 Å². The van der Waals surface area contributed by atoms with Crippen molar-refractivity contribution < 1.29 is 9.53 Å². The lowest BCUT2D eigenvalue weighted by atomic mass is 9.82. The highest BCUT2D eigenvalue weighted by molar-refractivity contribution is 5.91. The molecule has 1 N–H and O–H groups in total. The van der Waals surface area contributed by atoms with Crippen LogP contribution in [0.1, 0.15) is 56.7 Å². The van der Waals surface area contributed by atoms with Crippen molar-refractivity contribution in [1.82, 2.24) is 0 Å². The van der Waals surface area contributed by atoms with Crippen molar-refractivity contribution in [2.24, 2.45) is 0 Å². The van der Waals surface area contributed by atoms with Crippen LogP contribution < -0.4 is 10.1 Å². The van der Waals surface area contributed by atoms with E-state index in [1.807, 2.05) is 38.1 Å². The molecule has 0 saturated carbocycles. The highest BCUT2D eigenvalue weighted by Crippen LogP contribution is 2.28. The maximum absolute atomic E-state index is 12.1. The molecule has 3 nitrogen and oxygen atoms in total. The zero-order valence-electron chi connectivity index (χ0n) is 16.7. The molecule has 140 valence electrons. The van der Waals surface area contributed by atoms with Gasteiger partial charge in [0.05, 0.1) is 6.61 Å². The van der Waals surface area contributed by atoms with Crippen LogP contribution in [-0.2, 0) is 10.2 Å². The molecule has 26 heavy (non-hydrogen) atoms. The summed E-state index contributed by atoms with van der Waals surface area (Å²) in [6, 6.07) is 14.3. The van der Waals surface area contributed by atoms with Crippen molar-refractivity contribution in [3.8, 4) is 5.75 Å². The lowest BCUT2D eigenvalue weighted by Crippen LogP contribution is -2.15. The molecule has 0 fully saturated rings. The topological polar surface area (TPSA) is 38.3 Å². The summed E-state index contributed by atoms with van der Waals surface area (Å²) in [5, 5.41) is 2.97. The minimum absolute atomic E-state index is 0.0283. The summed E-state index contributed by atoms with van der Waals surface area (Å²) in [5.74, 6) is 0.885. The summed E-state index contributed by atoms with van der Waals surface area (Å²) in [5.41, 5.74) is 4.67. The number of ether oxygens (including phenoxy) is 1. The van der Waals surface area contributed by atoms with Gasteiger partial charge in [0.15, 0.2) is 0 Å². The summed E-state index contributed by atoms with van der Waals surface area (Å²) < 4.78 is 5.77. The fraction of sp³-hybridized carbons (Fsp3) is 0.435. The third-order valence-corrected chi connectivity index (χ3v) is 4.99. The number of hydrogen-bond donors (Lipinski definition) is 1. The summed E-state index contributed by atoms with van der Waals surface area (Å²) >= 11 is 0. The van der Waals surface area contributed by atoms with E-state index in [0.29, 0.717) is 19.4 Å². The van der Waals surface area contributed by atoms with E-state index in [9.17, 15) is 4.79 Å². The molecule has 0 heterocycles. The van der Waals surface area contributed by atoms with Crippen LogP contribution >= 0.6 is 0 Å². The first-order valence-electron chi connectivity index (χ1n) is 9.42. The zero-order valence-corrected chi connectivity index (χ0v) is 16.7. The number of carbonyl (C=O) groups excluding carboxylic acids is 1. The largest absolute Gasteiger partial charge is 0.494 e. The fourth-order valence-electron chi connectivity index (χ4n) is 2.80. The number of nitrogens with one attached hydrogen (secondary N) is 1. The van der Waals surface area contributed by atoms with E-state index >= 15 is 0 Å². The maximum Gasteiger partial charge on any atom is 0.224 e. The number of anilines is 1. The second-order valence-electron chi connectivity index (χ2n) is 7.58. The van der Waals surface area contributed by atoms with Crippen LogP contribution in [0.25, 0.3) is 0 Å². The molecule has 0 spiro atoms. The molecule has 0 saturated heterocycles. The monoisotopic (exact) mass is 353 g/mol. The van der Waals surface area contributed by atoms with Crippen molar-refractivity contribution >= 4 is 11.6 Å². The van der Waals surface area contributed by atoms with E-state index in [1.54, 1.807) is 0 Å². The van der Waals surface area contributed by atoms with Crippen LogP contribution in [0.4, 0.5) is 5.69 Å². The maximum atomic E-state index is 12.1. The number of amides is 1. The van der Waals surface area contributed by atoms with Crippen molar-refractivity contribution in [3.05, 3.63) is 59.2 Å². The molecule has 0 radical (unpaired) electrons. The Balaban J connectivity index is 1.75. The standard InChI is InChI=1S/C23H31NO2/c1-6-23(4,5)19-10-12-20(13-11-19)26-15-7-8-22(25)24-21-14-9-17(2)16-18(21)3/h9-14,16H,6-8,15H2,1-5H3,(H,24,25). The van der Waals surface area contributed by atoms with Gasteiger partial charge in [-0.25, -0.2) is 0 Å². The SMILES string of the molecule is CCC(C)(C)c1ccc(OCCCC(=O)Nc2ccc(C)cc2C)cc1. The Morgan fingerprint density at radius 3 is 2.38 bits per heavy atom. The molecule has 0 unspecified atom stereocenters. The van der Waals surface area contributed by atoms with Crippen molar-refractivity contribution in [3.63, 3.8) is 0 Å². The van der Waals surface area contributed by atoms with Gasteiger partial charge in [0, 0.05) is 12.1 Å². The molecular formula is C23H31NO2. The van der Waals surface area contributed by atoms with Crippen LogP contribution in [0.5, 0.6) is 5.75 Å². The Labute approximate surface area is 157 Å². The number of hydrogen-bond acceptors (Lipinski definition) is 2.